The van der Waals surface area contributed by atoms with Crippen LogP contribution in [-0.2, 0) is 0 Å². The Bertz CT molecular complexity index is 480. The van der Waals surface area contributed by atoms with Crippen molar-refractivity contribution >= 4 is 29.1 Å². The summed E-state index contributed by atoms with van der Waals surface area (Å²) in [7, 11) is 2.73. The summed E-state index contributed by atoms with van der Waals surface area (Å²) in [5.41, 5.74) is 0.0216. The second kappa shape index (κ2) is 5.06. The highest BCUT2D eigenvalue weighted by atomic mass is 35.5. The SMILES string of the molecule is [C-]#[N+]C(=O)c1cc(Cl)c(OC)c(Cl)c1OC. The van der Waals surface area contributed by atoms with Crippen molar-refractivity contribution in [2.75, 3.05) is 14.2 Å². The van der Waals surface area contributed by atoms with Crippen LogP contribution < -0.4 is 9.47 Å². The van der Waals surface area contributed by atoms with E-state index in [1.807, 2.05) is 0 Å². The number of carbonyl (C=O) groups excluding carboxylic acids is 1. The molecule has 4 nitrogen and oxygen atoms in total. The van der Waals surface area contributed by atoms with Gasteiger partial charge in [-0.3, -0.25) is 0 Å². The average molecular weight is 260 g/mol. The van der Waals surface area contributed by atoms with Gasteiger partial charge in [-0.15, -0.1) is 0 Å². The molecule has 0 fully saturated rings. The number of ether oxygens (including phenoxy) is 2. The fourth-order valence-electron chi connectivity index (χ4n) is 1.19. The van der Waals surface area contributed by atoms with Crippen molar-refractivity contribution in [3.63, 3.8) is 0 Å². The predicted molar refractivity (Wildman–Crippen MR) is 60.5 cm³/mol. The standard InChI is InChI=1S/C10H7Cl2NO3/c1-13-10(14)5-4-6(11)9(16-3)7(12)8(5)15-2/h4H,2-3H3. The number of hydrogen-bond donors (Lipinski definition) is 0. The molecule has 84 valence electrons. The summed E-state index contributed by atoms with van der Waals surface area (Å²) < 4.78 is 9.92. The monoisotopic (exact) mass is 259 g/mol. The topological polar surface area (TPSA) is 39.9 Å². The molecule has 1 aromatic rings. The van der Waals surface area contributed by atoms with E-state index >= 15 is 0 Å². The number of carbonyl (C=O) groups is 1. The van der Waals surface area contributed by atoms with Gasteiger partial charge in [-0.25, -0.2) is 0 Å². The molecule has 16 heavy (non-hydrogen) atoms. The van der Waals surface area contributed by atoms with Crippen LogP contribution in [0.5, 0.6) is 11.5 Å². The molecule has 0 unspecified atom stereocenters. The second-order valence-corrected chi connectivity index (χ2v) is 3.49. The van der Waals surface area contributed by atoms with Crippen LogP contribution in [-0.4, -0.2) is 20.1 Å². The molecule has 0 spiro atoms. The average Bonchev–Trinajstić information content (AvgIpc) is 2.28. The van der Waals surface area contributed by atoms with Crippen LogP contribution in [0.4, 0.5) is 0 Å². The van der Waals surface area contributed by atoms with Gasteiger partial charge in [-0.2, -0.15) is 4.85 Å². The van der Waals surface area contributed by atoms with Crippen LogP contribution in [0.25, 0.3) is 4.85 Å². The third kappa shape index (κ3) is 2.06. The van der Waals surface area contributed by atoms with Gasteiger partial charge in [-0.1, -0.05) is 23.2 Å². The number of rotatable bonds is 3. The Morgan fingerprint density at radius 1 is 1.31 bits per heavy atom. The predicted octanol–water partition coefficient (Wildman–Crippen LogP) is 3.07. The van der Waals surface area contributed by atoms with Crippen LogP contribution in [0, 0.1) is 6.57 Å². The molecule has 0 atom stereocenters. The van der Waals surface area contributed by atoms with Crippen molar-refractivity contribution in [3.05, 3.63) is 33.1 Å². The van der Waals surface area contributed by atoms with Crippen molar-refractivity contribution in [2.24, 2.45) is 0 Å². The van der Waals surface area contributed by atoms with E-state index in [0.29, 0.717) is 0 Å². The summed E-state index contributed by atoms with van der Waals surface area (Å²) in [6.07, 6.45) is 0. The van der Waals surface area contributed by atoms with E-state index in [1.54, 1.807) is 0 Å². The first-order valence-electron chi connectivity index (χ1n) is 4.08. The zero-order valence-electron chi connectivity index (χ0n) is 8.51. The van der Waals surface area contributed by atoms with Crippen molar-refractivity contribution in [1.29, 1.82) is 0 Å². The highest BCUT2D eigenvalue weighted by Gasteiger charge is 2.21. The fraction of sp³-hybridized carbons (Fsp3) is 0.200. The van der Waals surface area contributed by atoms with Crippen LogP contribution in [0.1, 0.15) is 10.4 Å². The summed E-state index contributed by atoms with van der Waals surface area (Å²) in [6, 6.07) is 1.30. The first-order valence-corrected chi connectivity index (χ1v) is 4.84. The van der Waals surface area contributed by atoms with Gasteiger partial charge < -0.3 is 14.3 Å². The highest BCUT2D eigenvalue weighted by Crippen LogP contribution is 2.42. The van der Waals surface area contributed by atoms with E-state index in [1.165, 1.54) is 20.3 Å². The van der Waals surface area contributed by atoms with Gasteiger partial charge in [0.05, 0.1) is 31.4 Å². The molecule has 0 aliphatic carbocycles. The molecule has 0 aromatic heterocycles. The quantitative estimate of drug-likeness (QED) is 0.784. The Morgan fingerprint density at radius 2 is 1.88 bits per heavy atom. The van der Waals surface area contributed by atoms with Gasteiger partial charge in [0, 0.05) is 0 Å². The lowest BCUT2D eigenvalue weighted by Gasteiger charge is -2.12. The maximum Gasteiger partial charge on any atom is 0.389 e. The number of hydrogen-bond acceptors (Lipinski definition) is 3. The Balaban J connectivity index is 3.54. The zero-order chi connectivity index (χ0) is 12.3. The van der Waals surface area contributed by atoms with E-state index in [-0.39, 0.29) is 27.1 Å². The van der Waals surface area contributed by atoms with Gasteiger partial charge in [0.25, 0.3) is 0 Å². The minimum Gasteiger partial charge on any atom is -0.496 e. The van der Waals surface area contributed by atoms with Gasteiger partial charge in [0.15, 0.2) is 5.75 Å². The summed E-state index contributed by atoms with van der Waals surface area (Å²) in [5.74, 6) is -0.492. The molecule has 0 aliphatic heterocycles. The molecule has 0 saturated heterocycles. The van der Waals surface area contributed by atoms with Crippen LogP contribution in [0.3, 0.4) is 0 Å². The molecule has 0 radical (unpaired) electrons. The minimum absolute atomic E-state index is 0.0216. The van der Waals surface area contributed by atoms with E-state index in [2.05, 4.69) is 4.85 Å². The number of methoxy groups -OCH3 is 2. The zero-order valence-corrected chi connectivity index (χ0v) is 10.0. The normalized spacial score (nSPS) is 9.44. The fourth-order valence-corrected chi connectivity index (χ4v) is 1.88. The Morgan fingerprint density at radius 3 is 2.31 bits per heavy atom. The van der Waals surface area contributed by atoms with Crippen LogP contribution in [0.15, 0.2) is 6.07 Å². The Kier molecular flexibility index (Phi) is 3.99. The number of halogens is 2. The summed E-state index contributed by atoms with van der Waals surface area (Å²) in [4.78, 5) is 14.1. The van der Waals surface area contributed by atoms with E-state index < -0.39 is 5.91 Å². The molecule has 1 amide bonds. The Labute approximate surface area is 102 Å². The molecule has 0 aliphatic rings. The van der Waals surface area contributed by atoms with Crippen LogP contribution >= 0.6 is 23.2 Å². The van der Waals surface area contributed by atoms with E-state index in [9.17, 15) is 4.79 Å². The van der Waals surface area contributed by atoms with E-state index in [4.69, 9.17) is 39.2 Å². The lowest BCUT2D eigenvalue weighted by Crippen LogP contribution is -2.00. The maximum absolute atomic E-state index is 11.3. The van der Waals surface area contributed by atoms with Crippen molar-refractivity contribution in [1.82, 2.24) is 0 Å². The molecular weight excluding hydrogens is 253 g/mol. The third-order valence-corrected chi connectivity index (χ3v) is 2.50. The maximum atomic E-state index is 11.3. The first kappa shape index (κ1) is 12.6. The highest BCUT2D eigenvalue weighted by molar-refractivity contribution is 6.39. The van der Waals surface area contributed by atoms with Gasteiger partial charge >= 0.3 is 5.91 Å². The Hall–Kier alpha value is -1.44. The van der Waals surface area contributed by atoms with E-state index in [0.717, 1.165) is 0 Å². The second-order valence-electron chi connectivity index (χ2n) is 2.70. The number of benzene rings is 1. The molecule has 0 saturated carbocycles. The van der Waals surface area contributed by atoms with Gasteiger partial charge in [0.2, 0.25) is 0 Å². The van der Waals surface area contributed by atoms with Crippen molar-refractivity contribution in [2.45, 2.75) is 0 Å². The van der Waals surface area contributed by atoms with Gasteiger partial charge in [0.1, 0.15) is 10.8 Å². The molecule has 1 aromatic carbocycles. The summed E-state index contributed by atoms with van der Waals surface area (Å²) in [5, 5.41) is 0.227. The molecular formula is C10H7Cl2NO3. The molecule has 1 rings (SSSR count). The molecule has 6 heteroatoms. The number of amides is 1. The van der Waals surface area contributed by atoms with Crippen molar-refractivity contribution in [3.8, 4) is 11.5 Å². The first-order chi connectivity index (χ1) is 7.56. The lowest BCUT2D eigenvalue weighted by atomic mass is 10.1. The minimum atomic E-state index is -0.789. The third-order valence-electron chi connectivity index (χ3n) is 1.87. The number of nitrogens with zero attached hydrogens (tertiary/aromatic N) is 1. The van der Waals surface area contributed by atoms with Gasteiger partial charge in [-0.05, 0) is 6.07 Å². The summed E-state index contributed by atoms with van der Waals surface area (Å²) in [6.45, 7) is 6.66. The molecule has 0 bridgehead atoms. The molecule has 0 heterocycles. The smallest absolute Gasteiger partial charge is 0.389 e. The van der Waals surface area contributed by atoms with Crippen LogP contribution in [0.2, 0.25) is 10.0 Å². The largest absolute Gasteiger partial charge is 0.496 e. The lowest BCUT2D eigenvalue weighted by molar-refractivity contribution is 0.104. The van der Waals surface area contributed by atoms with Crippen molar-refractivity contribution < 1.29 is 14.3 Å². The summed E-state index contributed by atoms with van der Waals surface area (Å²) >= 11 is 11.8. The molecule has 0 N–H and O–H groups in total.